The number of benzene rings is 2. The summed E-state index contributed by atoms with van der Waals surface area (Å²) in [6.45, 7) is 3.17. The number of halogens is 2. The Morgan fingerprint density at radius 3 is 2.48 bits per heavy atom. The van der Waals surface area contributed by atoms with Gasteiger partial charge in [0.1, 0.15) is 11.6 Å². The van der Waals surface area contributed by atoms with Crippen molar-refractivity contribution in [3.05, 3.63) is 88.0 Å². The minimum atomic E-state index is -0.798. The lowest BCUT2D eigenvalue weighted by Gasteiger charge is -2.24. The van der Waals surface area contributed by atoms with E-state index < -0.39 is 12.2 Å². The van der Waals surface area contributed by atoms with E-state index in [1.54, 1.807) is 32.2 Å². The number of hydrogen-bond donors (Lipinski definition) is 1. The van der Waals surface area contributed by atoms with Crippen LogP contribution in [0.15, 0.2) is 66.9 Å². The molecule has 0 amide bonds. The van der Waals surface area contributed by atoms with Crippen LogP contribution in [0.2, 0.25) is 10.0 Å². The number of ether oxygens (including phenoxy) is 3. The van der Waals surface area contributed by atoms with Crippen molar-refractivity contribution in [1.82, 2.24) is 4.98 Å². The molecule has 0 saturated carbocycles. The molecule has 2 aromatic carbocycles. The molecule has 3 aromatic rings. The SMILES string of the molecule is CC(C)OC(=O)OCOc1ccccc1C(Nc1ccccn1)c1cccc(Cl)c1Cl. The van der Waals surface area contributed by atoms with Crippen molar-refractivity contribution in [3.8, 4) is 5.75 Å². The molecule has 0 spiro atoms. The zero-order valence-electron chi connectivity index (χ0n) is 17.0. The number of pyridine rings is 1. The number of anilines is 1. The second kappa shape index (κ2) is 10.9. The monoisotopic (exact) mass is 460 g/mol. The highest BCUT2D eigenvalue weighted by molar-refractivity contribution is 6.42. The largest absolute Gasteiger partial charge is 0.511 e. The van der Waals surface area contributed by atoms with Gasteiger partial charge >= 0.3 is 6.16 Å². The molecule has 1 heterocycles. The van der Waals surface area contributed by atoms with E-state index in [-0.39, 0.29) is 12.9 Å². The first-order valence-electron chi connectivity index (χ1n) is 9.62. The second-order valence-corrected chi connectivity index (χ2v) is 7.58. The summed E-state index contributed by atoms with van der Waals surface area (Å²) in [5.74, 6) is 1.15. The third-order valence-electron chi connectivity index (χ3n) is 4.20. The Hall–Kier alpha value is -2.96. The molecule has 1 aromatic heterocycles. The third-order valence-corrected chi connectivity index (χ3v) is 5.04. The normalized spacial score (nSPS) is 11.6. The van der Waals surface area contributed by atoms with E-state index in [9.17, 15) is 4.79 Å². The predicted octanol–water partition coefficient (Wildman–Crippen LogP) is 6.49. The highest BCUT2D eigenvalue weighted by Crippen LogP contribution is 2.38. The maximum Gasteiger partial charge on any atom is 0.511 e. The second-order valence-electron chi connectivity index (χ2n) is 6.80. The van der Waals surface area contributed by atoms with Gasteiger partial charge in [0.2, 0.25) is 6.79 Å². The quantitative estimate of drug-likeness (QED) is 0.306. The number of rotatable bonds is 8. The van der Waals surface area contributed by atoms with E-state index >= 15 is 0 Å². The molecule has 31 heavy (non-hydrogen) atoms. The van der Waals surface area contributed by atoms with Gasteiger partial charge in [-0.2, -0.15) is 0 Å². The molecule has 1 unspecified atom stereocenters. The van der Waals surface area contributed by atoms with Gasteiger partial charge in [-0.15, -0.1) is 0 Å². The van der Waals surface area contributed by atoms with Crippen molar-refractivity contribution in [2.24, 2.45) is 0 Å². The summed E-state index contributed by atoms with van der Waals surface area (Å²) in [4.78, 5) is 16.0. The number of aromatic nitrogens is 1. The molecule has 6 nitrogen and oxygen atoms in total. The van der Waals surface area contributed by atoms with E-state index in [1.807, 2.05) is 48.5 Å². The van der Waals surface area contributed by atoms with Crippen LogP contribution in [0.3, 0.4) is 0 Å². The van der Waals surface area contributed by atoms with Crippen molar-refractivity contribution < 1.29 is 19.0 Å². The van der Waals surface area contributed by atoms with E-state index in [2.05, 4.69) is 10.3 Å². The molecule has 0 saturated heterocycles. The smallest absolute Gasteiger partial charge is 0.457 e. The summed E-state index contributed by atoms with van der Waals surface area (Å²) >= 11 is 12.8. The van der Waals surface area contributed by atoms with Crippen molar-refractivity contribution in [2.75, 3.05) is 12.1 Å². The van der Waals surface area contributed by atoms with Crippen LogP contribution in [-0.2, 0) is 9.47 Å². The number of carbonyl (C=O) groups is 1. The zero-order chi connectivity index (χ0) is 22.2. The summed E-state index contributed by atoms with van der Waals surface area (Å²) < 4.78 is 15.7. The van der Waals surface area contributed by atoms with Crippen molar-refractivity contribution in [1.29, 1.82) is 0 Å². The van der Waals surface area contributed by atoms with Gasteiger partial charge in [-0.05, 0) is 43.7 Å². The summed E-state index contributed by atoms with van der Waals surface area (Å²) in [5, 5.41) is 4.23. The van der Waals surface area contributed by atoms with Crippen LogP contribution in [-0.4, -0.2) is 24.0 Å². The number of carbonyl (C=O) groups excluding carboxylic acids is 1. The lowest BCUT2D eigenvalue weighted by molar-refractivity contribution is -0.00845. The van der Waals surface area contributed by atoms with E-state index in [1.165, 1.54) is 0 Å². The average molecular weight is 461 g/mol. The standard InChI is InChI=1S/C23H22Cl2N2O4/c1-15(2)31-23(28)30-14-29-19-11-4-3-8-16(19)22(27-20-12-5-6-13-26-20)17-9-7-10-18(24)21(17)25/h3-13,15,22H,14H2,1-2H3,(H,26,27). The first-order chi connectivity index (χ1) is 15.0. The fourth-order valence-corrected chi connectivity index (χ4v) is 3.30. The first kappa shape index (κ1) is 22.7. The molecule has 0 bridgehead atoms. The minimum absolute atomic E-state index is 0.281. The fraction of sp³-hybridized carbons (Fsp3) is 0.217. The molecule has 3 rings (SSSR count). The molecule has 8 heteroatoms. The number of nitrogens with zero attached hydrogens (tertiary/aromatic N) is 1. The van der Waals surface area contributed by atoms with E-state index in [4.69, 9.17) is 37.4 Å². The van der Waals surface area contributed by atoms with Crippen LogP contribution < -0.4 is 10.1 Å². The summed E-state index contributed by atoms with van der Waals surface area (Å²) in [5.41, 5.74) is 1.51. The first-order valence-corrected chi connectivity index (χ1v) is 10.4. The zero-order valence-corrected chi connectivity index (χ0v) is 18.6. The molecule has 0 radical (unpaired) electrons. The van der Waals surface area contributed by atoms with Crippen LogP contribution >= 0.6 is 23.2 Å². The van der Waals surface area contributed by atoms with Crippen molar-refractivity contribution >= 4 is 35.2 Å². The molecule has 0 fully saturated rings. The summed E-state index contributed by atoms with van der Waals surface area (Å²) in [7, 11) is 0. The molecule has 1 N–H and O–H groups in total. The van der Waals surface area contributed by atoms with E-state index in [0.717, 1.165) is 11.1 Å². The predicted molar refractivity (Wildman–Crippen MR) is 121 cm³/mol. The van der Waals surface area contributed by atoms with Gasteiger partial charge in [0.05, 0.1) is 22.2 Å². The highest BCUT2D eigenvalue weighted by Gasteiger charge is 2.22. The maximum atomic E-state index is 11.6. The number of nitrogens with one attached hydrogen (secondary N) is 1. The summed E-state index contributed by atoms with van der Waals surface area (Å²) in [6.07, 6.45) is 0.612. The fourth-order valence-electron chi connectivity index (χ4n) is 2.88. The Labute approximate surface area is 191 Å². The van der Waals surface area contributed by atoms with E-state index in [0.29, 0.717) is 21.6 Å². The van der Waals surface area contributed by atoms with Crippen molar-refractivity contribution in [3.63, 3.8) is 0 Å². The Kier molecular flexibility index (Phi) is 7.98. The maximum absolute atomic E-state index is 11.6. The van der Waals surface area contributed by atoms with Crippen LogP contribution in [0.1, 0.15) is 31.0 Å². The van der Waals surface area contributed by atoms with Gasteiger partial charge in [0.15, 0.2) is 0 Å². The Morgan fingerprint density at radius 1 is 1.00 bits per heavy atom. The third kappa shape index (κ3) is 6.26. The minimum Gasteiger partial charge on any atom is -0.457 e. The Morgan fingerprint density at radius 2 is 1.74 bits per heavy atom. The van der Waals surface area contributed by atoms with Crippen LogP contribution in [0.5, 0.6) is 5.75 Å². The van der Waals surface area contributed by atoms with Crippen LogP contribution in [0.25, 0.3) is 0 Å². The lowest BCUT2D eigenvalue weighted by Crippen LogP contribution is -2.18. The van der Waals surface area contributed by atoms with Crippen LogP contribution in [0, 0.1) is 0 Å². The molecular formula is C23H22Cl2N2O4. The highest BCUT2D eigenvalue weighted by atomic mass is 35.5. The molecule has 0 aliphatic carbocycles. The number of hydrogen-bond acceptors (Lipinski definition) is 6. The van der Waals surface area contributed by atoms with Gasteiger partial charge in [0.25, 0.3) is 0 Å². The Bertz CT molecular complexity index is 1020. The molecular weight excluding hydrogens is 439 g/mol. The average Bonchev–Trinajstić information content (AvgIpc) is 2.75. The summed E-state index contributed by atoms with van der Waals surface area (Å²) in [6, 6.07) is 17.9. The van der Waals surface area contributed by atoms with Gasteiger partial charge in [-0.25, -0.2) is 9.78 Å². The lowest BCUT2D eigenvalue weighted by atomic mass is 9.97. The Balaban J connectivity index is 1.90. The van der Waals surface area contributed by atoms with Gasteiger partial charge < -0.3 is 19.5 Å². The topological polar surface area (TPSA) is 69.7 Å². The number of para-hydroxylation sites is 1. The molecule has 0 aliphatic heterocycles. The van der Waals surface area contributed by atoms with Gasteiger partial charge in [0, 0.05) is 11.8 Å². The molecule has 0 aliphatic rings. The molecule has 162 valence electrons. The van der Waals surface area contributed by atoms with Crippen LogP contribution in [0.4, 0.5) is 10.6 Å². The molecule has 1 atom stereocenters. The van der Waals surface area contributed by atoms with Gasteiger partial charge in [-0.1, -0.05) is 59.6 Å². The van der Waals surface area contributed by atoms with Gasteiger partial charge in [-0.3, -0.25) is 0 Å². The van der Waals surface area contributed by atoms with Crippen molar-refractivity contribution in [2.45, 2.75) is 26.0 Å².